The number of nitrogens with one attached hydrogen (secondary N) is 2. The van der Waals surface area contributed by atoms with Crippen molar-refractivity contribution < 1.29 is 18.8 Å². The van der Waals surface area contributed by atoms with Crippen LogP contribution in [0, 0.1) is 5.82 Å². The van der Waals surface area contributed by atoms with Crippen LogP contribution in [-0.2, 0) is 16.0 Å². The van der Waals surface area contributed by atoms with Crippen LogP contribution >= 0.6 is 0 Å². The third-order valence-electron chi connectivity index (χ3n) is 4.08. The number of halogens is 1. The maximum Gasteiger partial charge on any atom is 0.325 e. The predicted molar refractivity (Wildman–Crippen MR) is 93.8 cm³/mol. The molecule has 1 atom stereocenters. The van der Waals surface area contributed by atoms with Gasteiger partial charge in [-0.3, -0.25) is 14.5 Å². The highest BCUT2D eigenvalue weighted by molar-refractivity contribution is 6.07. The molecule has 3 rings (SSSR count). The molecular formula is C19H18FN3O3. The van der Waals surface area contributed by atoms with E-state index in [4.69, 9.17) is 0 Å². The molecule has 1 fully saturated rings. The molecule has 2 aromatic rings. The third kappa shape index (κ3) is 4.24. The number of hydrogen-bond donors (Lipinski definition) is 2. The second-order valence-electron chi connectivity index (χ2n) is 6.01. The molecule has 0 bridgehead atoms. The van der Waals surface area contributed by atoms with Gasteiger partial charge in [0, 0.05) is 5.69 Å². The highest BCUT2D eigenvalue weighted by Gasteiger charge is 2.38. The van der Waals surface area contributed by atoms with Crippen LogP contribution < -0.4 is 10.6 Å². The first-order valence-corrected chi connectivity index (χ1v) is 8.24. The Morgan fingerprint density at radius 1 is 1.12 bits per heavy atom. The number of carbonyl (C=O) groups excluding carboxylic acids is 3. The standard InChI is InChI=1S/C19H18FN3O3/c20-14-7-4-8-15(11-14)21-17(24)12-23-18(25)16(22-19(23)26)10-9-13-5-2-1-3-6-13/h1-8,11,16H,9-10,12H2,(H,21,24)(H,22,26). The average Bonchev–Trinajstić information content (AvgIpc) is 2.88. The number of benzene rings is 2. The monoisotopic (exact) mass is 355 g/mol. The number of imide groups is 1. The van der Waals surface area contributed by atoms with Gasteiger partial charge in [-0.05, 0) is 36.6 Å². The second kappa shape index (κ2) is 7.77. The van der Waals surface area contributed by atoms with E-state index in [1.54, 1.807) is 0 Å². The van der Waals surface area contributed by atoms with Gasteiger partial charge in [0.05, 0.1) is 0 Å². The van der Waals surface area contributed by atoms with Crippen molar-refractivity contribution in [3.8, 4) is 0 Å². The van der Waals surface area contributed by atoms with E-state index in [2.05, 4.69) is 10.6 Å². The molecule has 2 aromatic carbocycles. The van der Waals surface area contributed by atoms with E-state index < -0.39 is 36.2 Å². The minimum atomic E-state index is -0.648. The zero-order valence-corrected chi connectivity index (χ0v) is 13.9. The Bertz CT molecular complexity index is 826. The molecule has 1 aliphatic heterocycles. The van der Waals surface area contributed by atoms with Crippen LogP contribution in [0.15, 0.2) is 54.6 Å². The van der Waals surface area contributed by atoms with E-state index in [9.17, 15) is 18.8 Å². The summed E-state index contributed by atoms with van der Waals surface area (Å²) in [6, 6.07) is 13.8. The summed E-state index contributed by atoms with van der Waals surface area (Å²) in [5.74, 6) is -1.48. The number of aryl methyl sites for hydroxylation is 1. The number of carbonyl (C=O) groups is 3. The van der Waals surface area contributed by atoms with Gasteiger partial charge >= 0.3 is 6.03 Å². The molecule has 134 valence electrons. The number of hydrogen-bond acceptors (Lipinski definition) is 3. The quantitative estimate of drug-likeness (QED) is 0.781. The van der Waals surface area contributed by atoms with Gasteiger partial charge in [-0.25, -0.2) is 9.18 Å². The summed E-state index contributed by atoms with van der Waals surface area (Å²) in [5.41, 5.74) is 1.33. The SMILES string of the molecule is O=C(CN1C(=O)NC(CCc2ccccc2)C1=O)Nc1cccc(F)c1. The average molecular weight is 355 g/mol. The van der Waals surface area contributed by atoms with Crippen LogP contribution in [0.5, 0.6) is 0 Å². The zero-order valence-electron chi connectivity index (χ0n) is 13.9. The second-order valence-corrected chi connectivity index (χ2v) is 6.01. The van der Waals surface area contributed by atoms with E-state index in [-0.39, 0.29) is 5.69 Å². The van der Waals surface area contributed by atoms with Crippen molar-refractivity contribution >= 4 is 23.5 Å². The van der Waals surface area contributed by atoms with E-state index >= 15 is 0 Å². The number of rotatable bonds is 6. The molecule has 0 saturated carbocycles. The summed E-state index contributed by atoms with van der Waals surface area (Å²) in [6.07, 6.45) is 1.09. The van der Waals surface area contributed by atoms with Gasteiger partial charge in [0.2, 0.25) is 5.91 Å². The maximum absolute atomic E-state index is 13.1. The van der Waals surface area contributed by atoms with E-state index in [1.165, 1.54) is 18.2 Å². The lowest BCUT2D eigenvalue weighted by Gasteiger charge is -2.13. The molecule has 26 heavy (non-hydrogen) atoms. The molecule has 4 amide bonds. The molecular weight excluding hydrogens is 337 g/mol. The van der Waals surface area contributed by atoms with Crippen molar-refractivity contribution in [2.45, 2.75) is 18.9 Å². The molecule has 2 N–H and O–H groups in total. The zero-order chi connectivity index (χ0) is 18.5. The van der Waals surface area contributed by atoms with Crippen molar-refractivity contribution in [3.63, 3.8) is 0 Å². The number of urea groups is 1. The molecule has 7 heteroatoms. The lowest BCUT2D eigenvalue weighted by atomic mass is 10.1. The maximum atomic E-state index is 13.1. The van der Waals surface area contributed by atoms with Gasteiger partial charge in [0.15, 0.2) is 0 Å². The van der Waals surface area contributed by atoms with E-state index in [0.717, 1.165) is 16.5 Å². The smallest absolute Gasteiger partial charge is 0.325 e. The van der Waals surface area contributed by atoms with E-state index in [1.807, 2.05) is 30.3 Å². The Labute approximate surface area is 150 Å². The van der Waals surface area contributed by atoms with E-state index in [0.29, 0.717) is 12.8 Å². The normalized spacial score (nSPS) is 16.5. The minimum Gasteiger partial charge on any atom is -0.326 e. The molecule has 0 aliphatic carbocycles. The molecule has 0 spiro atoms. The summed E-state index contributed by atoms with van der Waals surface area (Å²) < 4.78 is 13.1. The van der Waals surface area contributed by atoms with Gasteiger partial charge in [-0.1, -0.05) is 36.4 Å². The van der Waals surface area contributed by atoms with Gasteiger partial charge in [-0.2, -0.15) is 0 Å². The summed E-state index contributed by atoms with van der Waals surface area (Å²) in [4.78, 5) is 37.3. The molecule has 0 radical (unpaired) electrons. The first kappa shape index (κ1) is 17.6. The van der Waals surface area contributed by atoms with Crippen LogP contribution in [0.1, 0.15) is 12.0 Å². The van der Waals surface area contributed by atoms with Crippen LogP contribution in [0.4, 0.5) is 14.9 Å². The summed E-state index contributed by atoms with van der Waals surface area (Å²) in [5, 5.41) is 5.07. The van der Waals surface area contributed by atoms with Crippen LogP contribution in [0.3, 0.4) is 0 Å². The van der Waals surface area contributed by atoms with Gasteiger partial charge in [0.25, 0.3) is 5.91 Å². The highest BCUT2D eigenvalue weighted by atomic mass is 19.1. The summed E-state index contributed by atoms with van der Waals surface area (Å²) >= 11 is 0. The fourth-order valence-electron chi connectivity index (χ4n) is 2.79. The fraction of sp³-hybridized carbons (Fsp3) is 0.211. The van der Waals surface area contributed by atoms with Crippen molar-refractivity contribution in [1.29, 1.82) is 0 Å². The first-order valence-electron chi connectivity index (χ1n) is 8.24. The Morgan fingerprint density at radius 3 is 2.62 bits per heavy atom. The largest absolute Gasteiger partial charge is 0.326 e. The topological polar surface area (TPSA) is 78.5 Å². The van der Waals surface area contributed by atoms with Crippen LogP contribution in [0.25, 0.3) is 0 Å². The molecule has 6 nitrogen and oxygen atoms in total. The van der Waals surface area contributed by atoms with Crippen LogP contribution in [-0.4, -0.2) is 35.3 Å². The van der Waals surface area contributed by atoms with Crippen molar-refractivity contribution in [1.82, 2.24) is 10.2 Å². The van der Waals surface area contributed by atoms with Crippen molar-refractivity contribution in [2.75, 3.05) is 11.9 Å². The van der Waals surface area contributed by atoms with Gasteiger partial charge < -0.3 is 10.6 Å². The third-order valence-corrected chi connectivity index (χ3v) is 4.08. The Hall–Kier alpha value is -3.22. The lowest BCUT2D eigenvalue weighted by Crippen LogP contribution is -2.38. The highest BCUT2D eigenvalue weighted by Crippen LogP contribution is 2.14. The summed E-state index contributed by atoms with van der Waals surface area (Å²) in [7, 11) is 0. The van der Waals surface area contributed by atoms with Gasteiger partial charge in [0.1, 0.15) is 18.4 Å². The fourth-order valence-corrected chi connectivity index (χ4v) is 2.79. The number of anilines is 1. The molecule has 1 aliphatic rings. The van der Waals surface area contributed by atoms with Crippen LogP contribution in [0.2, 0.25) is 0 Å². The van der Waals surface area contributed by atoms with Crippen molar-refractivity contribution in [2.24, 2.45) is 0 Å². The number of nitrogens with zero attached hydrogens (tertiary/aromatic N) is 1. The van der Waals surface area contributed by atoms with Crippen molar-refractivity contribution in [3.05, 3.63) is 66.0 Å². The van der Waals surface area contributed by atoms with Gasteiger partial charge in [-0.15, -0.1) is 0 Å². The Morgan fingerprint density at radius 2 is 1.88 bits per heavy atom. The predicted octanol–water partition coefficient (Wildman–Crippen LogP) is 2.32. The molecule has 0 aromatic heterocycles. The Balaban J connectivity index is 1.55. The first-order chi connectivity index (χ1) is 12.5. The molecule has 1 unspecified atom stereocenters. The molecule has 1 heterocycles. The summed E-state index contributed by atoms with van der Waals surface area (Å²) in [6.45, 7) is -0.414. The minimum absolute atomic E-state index is 0.266. The molecule has 1 saturated heterocycles. The number of amides is 4. The Kier molecular flexibility index (Phi) is 5.26. The lowest BCUT2D eigenvalue weighted by molar-refractivity contribution is -0.130.